The van der Waals surface area contributed by atoms with Gasteiger partial charge in [0.25, 0.3) is 0 Å². The first-order valence-corrected chi connectivity index (χ1v) is 7.04. The van der Waals surface area contributed by atoms with Crippen LogP contribution in [-0.4, -0.2) is 6.54 Å². The van der Waals surface area contributed by atoms with Gasteiger partial charge in [0.1, 0.15) is 11.5 Å². The van der Waals surface area contributed by atoms with Crippen LogP contribution in [0.25, 0.3) is 5.57 Å². The van der Waals surface area contributed by atoms with Crippen LogP contribution >= 0.6 is 0 Å². The third-order valence-electron chi connectivity index (χ3n) is 3.77. The molecule has 2 heteroatoms. The number of ether oxygens (including phenoxy) is 1. The van der Waals surface area contributed by atoms with Crippen molar-refractivity contribution in [2.24, 2.45) is 5.73 Å². The van der Waals surface area contributed by atoms with E-state index in [1.165, 1.54) is 16.7 Å². The number of fused-ring (bicyclic) bond motifs is 1. The van der Waals surface area contributed by atoms with Gasteiger partial charge in [0.15, 0.2) is 0 Å². The summed E-state index contributed by atoms with van der Waals surface area (Å²) in [6.07, 6.45) is 4.36. The Morgan fingerprint density at radius 3 is 2.80 bits per heavy atom. The van der Waals surface area contributed by atoms with E-state index in [1.807, 2.05) is 24.3 Å². The van der Waals surface area contributed by atoms with Crippen molar-refractivity contribution in [3.8, 4) is 11.5 Å². The maximum atomic E-state index is 5.99. The number of hydrogen-bond donors (Lipinski definition) is 1. The second-order valence-corrected chi connectivity index (χ2v) is 5.16. The van der Waals surface area contributed by atoms with E-state index in [0.717, 1.165) is 29.9 Å². The first-order valence-electron chi connectivity index (χ1n) is 7.04. The van der Waals surface area contributed by atoms with Crippen molar-refractivity contribution in [3.63, 3.8) is 0 Å². The molecule has 2 nitrogen and oxygen atoms in total. The van der Waals surface area contributed by atoms with Crippen LogP contribution in [0, 0.1) is 6.92 Å². The molecule has 2 N–H and O–H groups in total. The van der Waals surface area contributed by atoms with Gasteiger partial charge in [-0.2, -0.15) is 0 Å². The van der Waals surface area contributed by atoms with Crippen molar-refractivity contribution >= 4 is 5.57 Å². The number of para-hydroxylation sites is 1. The summed E-state index contributed by atoms with van der Waals surface area (Å²) in [4.78, 5) is 0. The molecule has 0 aromatic heterocycles. The van der Waals surface area contributed by atoms with Gasteiger partial charge in [-0.25, -0.2) is 0 Å². The fourth-order valence-corrected chi connectivity index (χ4v) is 2.66. The smallest absolute Gasteiger partial charge is 0.130 e. The highest BCUT2D eigenvalue weighted by Gasteiger charge is 2.12. The lowest BCUT2D eigenvalue weighted by molar-refractivity contribution is 0.478. The van der Waals surface area contributed by atoms with Crippen molar-refractivity contribution in [1.29, 1.82) is 0 Å². The zero-order valence-corrected chi connectivity index (χ0v) is 11.7. The molecule has 1 aliphatic rings. The van der Waals surface area contributed by atoms with Gasteiger partial charge in [-0.3, -0.25) is 0 Å². The van der Waals surface area contributed by atoms with E-state index >= 15 is 0 Å². The third-order valence-corrected chi connectivity index (χ3v) is 3.77. The number of allylic oxidation sites excluding steroid dienone is 1. The number of aryl methyl sites for hydroxylation is 2. The fraction of sp³-hybridized carbons (Fsp3) is 0.222. The van der Waals surface area contributed by atoms with E-state index < -0.39 is 0 Å². The van der Waals surface area contributed by atoms with E-state index in [-0.39, 0.29) is 0 Å². The Bertz CT molecular complexity index is 658. The minimum Gasteiger partial charge on any atom is -0.457 e. The van der Waals surface area contributed by atoms with E-state index in [1.54, 1.807) is 0 Å². The molecule has 3 rings (SSSR count). The zero-order chi connectivity index (χ0) is 13.9. The highest BCUT2D eigenvalue weighted by molar-refractivity contribution is 5.72. The standard InChI is InChI=1S/C18H19NO/c1-13-5-2-3-8-18(13)20-16-9-10-17-14(11-16)6-4-7-15(17)12-19/h2-3,5,7-11H,4,6,12,19H2,1H3. The van der Waals surface area contributed by atoms with Crippen molar-refractivity contribution in [2.45, 2.75) is 19.8 Å². The van der Waals surface area contributed by atoms with E-state index in [0.29, 0.717) is 6.54 Å². The number of hydrogen-bond acceptors (Lipinski definition) is 2. The lowest BCUT2D eigenvalue weighted by Crippen LogP contribution is -2.08. The van der Waals surface area contributed by atoms with Crippen molar-refractivity contribution in [2.75, 3.05) is 6.54 Å². The van der Waals surface area contributed by atoms with Gasteiger partial charge in [-0.1, -0.05) is 30.3 Å². The van der Waals surface area contributed by atoms with Gasteiger partial charge in [0.05, 0.1) is 0 Å². The van der Waals surface area contributed by atoms with Crippen LogP contribution in [-0.2, 0) is 6.42 Å². The van der Waals surface area contributed by atoms with Crippen LogP contribution in [0.2, 0.25) is 0 Å². The Morgan fingerprint density at radius 1 is 1.15 bits per heavy atom. The molecule has 2 aromatic carbocycles. The quantitative estimate of drug-likeness (QED) is 0.907. The van der Waals surface area contributed by atoms with Crippen LogP contribution in [0.15, 0.2) is 48.5 Å². The first kappa shape index (κ1) is 12.9. The molecule has 102 valence electrons. The predicted molar refractivity (Wildman–Crippen MR) is 83.0 cm³/mol. The maximum Gasteiger partial charge on any atom is 0.130 e. The molecule has 0 bridgehead atoms. The fourth-order valence-electron chi connectivity index (χ4n) is 2.66. The van der Waals surface area contributed by atoms with Crippen LogP contribution in [0.3, 0.4) is 0 Å². The average molecular weight is 265 g/mol. The predicted octanol–water partition coefficient (Wildman–Crippen LogP) is 4.08. The van der Waals surface area contributed by atoms with E-state index in [9.17, 15) is 0 Å². The Labute approximate surface area is 119 Å². The van der Waals surface area contributed by atoms with Crippen molar-refractivity contribution in [1.82, 2.24) is 0 Å². The molecular formula is C18H19NO. The SMILES string of the molecule is Cc1ccccc1Oc1ccc2c(c1)CCC=C2CN. The summed E-state index contributed by atoms with van der Waals surface area (Å²) in [7, 11) is 0. The molecule has 0 saturated heterocycles. The molecule has 0 fully saturated rings. The lowest BCUT2D eigenvalue weighted by Gasteiger charge is -2.18. The van der Waals surface area contributed by atoms with Crippen LogP contribution < -0.4 is 10.5 Å². The summed E-state index contributed by atoms with van der Waals surface area (Å²) >= 11 is 0. The molecule has 1 aliphatic carbocycles. The molecule has 0 radical (unpaired) electrons. The van der Waals surface area contributed by atoms with Gasteiger partial charge in [0.2, 0.25) is 0 Å². The minimum absolute atomic E-state index is 0.602. The maximum absolute atomic E-state index is 5.99. The van der Waals surface area contributed by atoms with Gasteiger partial charge < -0.3 is 10.5 Å². The monoisotopic (exact) mass is 265 g/mol. The third kappa shape index (κ3) is 2.47. The Kier molecular flexibility index (Phi) is 3.57. The summed E-state index contributed by atoms with van der Waals surface area (Å²) < 4.78 is 5.99. The average Bonchev–Trinajstić information content (AvgIpc) is 2.49. The molecule has 2 aromatic rings. The van der Waals surface area contributed by atoms with Crippen molar-refractivity contribution < 1.29 is 4.74 Å². The van der Waals surface area contributed by atoms with Gasteiger partial charge in [-0.05, 0) is 60.2 Å². The van der Waals surface area contributed by atoms with Crippen LogP contribution in [0.1, 0.15) is 23.1 Å². The number of nitrogens with two attached hydrogens (primary N) is 1. The molecule has 0 heterocycles. The van der Waals surface area contributed by atoms with E-state index in [2.05, 4.69) is 31.2 Å². The molecule has 0 aliphatic heterocycles. The summed E-state index contributed by atoms with van der Waals surface area (Å²) in [5, 5.41) is 0. The normalized spacial score (nSPS) is 13.6. The summed E-state index contributed by atoms with van der Waals surface area (Å²) in [5.41, 5.74) is 10.8. The Hall–Kier alpha value is -2.06. The summed E-state index contributed by atoms with van der Waals surface area (Å²) in [6.45, 7) is 2.66. The molecular weight excluding hydrogens is 246 g/mol. The highest BCUT2D eigenvalue weighted by atomic mass is 16.5. The molecule has 0 atom stereocenters. The molecule has 0 spiro atoms. The van der Waals surface area contributed by atoms with Gasteiger partial charge >= 0.3 is 0 Å². The molecule has 0 amide bonds. The largest absolute Gasteiger partial charge is 0.457 e. The second-order valence-electron chi connectivity index (χ2n) is 5.16. The minimum atomic E-state index is 0.602. The van der Waals surface area contributed by atoms with Crippen molar-refractivity contribution in [3.05, 3.63) is 65.2 Å². The number of benzene rings is 2. The van der Waals surface area contributed by atoms with Crippen LogP contribution in [0.5, 0.6) is 11.5 Å². The zero-order valence-electron chi connectivity index (χ0n) is 11.7. The Morgan fingerprint density at radius 2 is 2.00 bits per heavy atom. The summed E-state index contributed by atoms with van der Waals surface area (Å²) in [6, 6.07) is 14.4. The second kappa shape index (κ2) is 5.51. The number of rotatable bonds is 3. The molecule has 0 saturated carbocycles. The highest BCUT2D eigenvalue weighted by Crippen LogP contribution is 2.31. The topological polar surface area (TPSA) is 35.2 Å². The Balaban J connectivity index is 1.90. The van der Waals surface area contributed by atoms with E-state index in [4.69, 9.17) is 10.5 Å². The molecule has 0 unspecified atom stereocenters. The molecule has 20 heavy (non-hydrogen) atoms. The first-order chi connectivity index (χ1) is 9.78. The van der Waals surface area contributed by atoms with Gasteiger partial charge in [0, 0.05) is 6.54 Å². The van der Waals surface area contributed by atoms with Gasteiger partial charge in [-0.15, -0.1) is 0 Å². The summed E-state index contributed by atoms with van der Waals surface area (Å²) in [5.74, 6) is 1.81. The lowest BCUT2D eigenvalue weighted by atomic mass is 9.91. The van der Waals surface area contributed by atoms with Crippen LogP contribution in [0.4, 0.5) is 0 Å².